The number of piperidine rings is 1. The van der Waals surface area contributed by atoms with Crippen LogP contribution in [0.2, 0.25) is 0 Å². The number of amides is 2. The molecule has 1 heterocycles. The van der Waals surface area contributed by atoms with Crippen molar-refractivity contribution in [3.8, 4) is 0 Å². The first kappa shape index (κ1) is 19.9. The second-order valence-corrected chi connectivity index (χ2v) is 5.82. The Labute approximate surface area is 143 Å². The molecule has 0 aliphatic carbocycles. The number of hydrogen-bond acceptors (Lipinski definition) is 2. The molecule has 2 amide bonds. The Kier molecular flexibility index (Phi) is 5.38. The van der Waals surface area contributed by atoms with Crippen molar-refractivity contribution in [3.63, 3.8) is 0 Å². The van der Waals surface area contributed by atoms with Gasteiger partial charge < -0.3 is 15.3 Å². The van der Waals surface area contributed by atoms with Gasteiger partial charge in [-0.05, 0) is 31.0 Å². The molecule has 1 fully saturated rings. The first-order valence-corrected chi connectivity index (χ1v) is 7.46. The summed E-state index contributed by atoms with van der Waals surface area (Å²) < 4.78 is 76.8. The van der Waals surface area contributed by atoms with Crippen LogP contribution < -0.4 is 5.32 Å². The predicted molar refractivity (Wildman–Crippen MR) is 77.4 cm³/mol. The van der Waals surface area contributed by atoms with Crippen molar-refractivity contribution in [2.24, 2.45) is 5.92 Å². The Balaban J connectivity index is 2.18. The zero-order chi connectivity index (χ0) is 19.7. The fraction of sp³-hybridized carbons (Fsp3) is 0.467. The SMILES string of the molecule is O=C(O)C1CCN(C(=O)Nc2cc(C(F)(F)F)cc(C(F)(F)F)c2)CC1. The maximum atomic E-state index is 12.8. The van der Waals surface area contributed by atoms with Crippen molar-refractivity contribution in [1.82, 2.24) is 4.90 Å². The molecule has 1 aromatic carbocycles. The molecule has 0 unspecified atom stereocenters. The van der Waals surface area contributed by atoms with Crippen molar-refractivity contribution in [3.05, 3.63) is 29.3 Å². The monoisotopic (exact) mass is 384 g/mol. The van der Waals surface area contributed by atoms with Crippen LogP contribution >= 0.6 is 0 Å². The quantitative estimate of drug-likeness (QED) is 0.756. The van der Waals surface area contributed by atoms with Crippen molar-refractivity contribution in [1.29, 1.82) is 0 Å². The van der Waals surface area contributed by atoms with Gasteiger partial charge in [-0.2, -0.15) is 26.3 Å². The summed E-state index contributed by atoms with van der Waals surface area (Å²) in [5.41, 5.74) is -3.71. The van der Waals surface area contributed by atoms with E-state index >= 15 is 0 Å². The van der Waals surface area contributed by atoms with Crippen LogP contribution in [0.1, 0.15) is 24.0 Å². The molecule has 0 aromatic heterocycles. The number of urea groups is 1. The van der Waals surface area contributed by atoms with E-state index in [0.29, 0.717) is 12.1 Å². The van der Waals surface area contributed by atoms with Crippen LogP contribution in [0.15, 0.2) is 18.2 Å². The first-order valence-electron chi connectivity index (χ1n) is 7.46. The van der Waals surface area contributed by atoms with Gasteiger partial charge in [-0.1, -0.05) is 0 Å². The molecule has 11 heteroatoms. The van der Waals surface area contributed by atoms with Gasteiger partial charge >= 0.3 is 24.4 Å². The molecule has 144 valence electrons. The molecule has 1 aliphatic rings. The summed E-state index contributed by atoms with van der Waals surface area (Å²) in [6.45, 7) is 0.0712. The average molecular weight is 384 g/mol. The molecule has 26 heavy (non-hydrogen) atoms. The lowest BCUT2D eigenvalue weighted by atomic mass is 9.97. The Bertz CT molecular complexity index is 661. The minimum atomic E-state index is -5.01. The second-order valence-electron chi connectivity index (χ2n) is 5.82. The number of carboxylic acids is 1. The van der Waals surface area contributed by atoms with Gasteiger partial charge in [-0.15, -0.1) is 0 Å². The van der Waals surface area contributed by atoms with Crippen LogP contribution in [0.25, 0.3) is 0 Å². The Morgan fingerprint density at radius 2 is 1.42 bits per heavy atom. The van der Waals surface area contributed by atoms with Crippen molar-refractivity contribution >= 4 is 17.7 Å². The van der Waals surface area contributed by atoms with E-state index in [4.69, 9.17) is 5.11 Å². The number of nitrogens with one attached hydrogen (secondary N) is 1. The lowest BCUT2D eigenvalue weighted by Gasteiger charge is -2.30. The summed E-state index contributed by atoms with van der Waals surface area (Å²) >= 11 is 0. The molecule has 1 saturated heterocycles. The summed E-state index contributed by atoms with van der Waals surface area (Å²) in [7, 11) is 0. The summed E-state index contributed by atoms with van der Waals surface area (Å²) in [5, 5.41) is 10.9. The number of nitrogens with zero attached hydrogens (tertiary/aromatic N) is 1. The highest BCUT2D eigenvalue weighted by Crippen LogP contribution is 2.37. The highest BCUT2D eigenvalue weighted by Gasteiger charge is 2.37. The highest BCUT2D eigenvalue weighted by atomic mass is 19.4. The third-order valence-corrected chi connectivity index (χ3v) is 3.97. The number of carbonyl (C=O) groups is 2. The molecule has 5 nitrogen and oxygen atoms in total. The topological polar surface area (TPSA) is 69.6 Å². The van der Waals surface area contributed by atoms with Gasteiger partial charge in [-0.25, -0.2) is 4.79 Å². The smallest absolute Gasteiger partial charge is 0.416 e. The molecule has 0 radical (unpaired) electrons. The Hall–Kier alpha value is -2.46. The van der Waals surface area contributed by atoms with E-state index in [1.807, 2.05) is 5.32 Å². The van der Waals surface area contributed by atoms with Gasteiger partial charge in [0.1, 0.15) is 0 Å². The minimum Gasteiger partial charge on any atom is -0.481 e. The van der Waals surface area contributed by atoms with Crippen LogP contribution in [0.4, 0.5) is 36.8 Å². The van der Waals surface area contributed by atoms with Gasteiger partial charge in [0.05, 0.1) is 17.0 Å². The number of carbonyl (C=O) groups excluding carboxylic acids is 1. The largest absolute Gasteiger partial charge is 0.481 e. The van der Waals surface area contributed by atoms with E-state index < -0.39 is 47.1 Å². The summed E-state index contributed by atoms with van der Waals surface area (Å²) in [5.74, 6) is -1.65. The van der Waals surface area contributed by atoms with Crippen molar-refractivity contribution in [2.75, 3.05) is 18.4 Å². The number of anilines is 1. The molecule has 0 saturated carbocycles. The van der Waals surface area contributed by atoms with Gasteiger partial charge in [0.25, 0.3) is 0 Å². The van der Waals surface area contributed by atoms with Crippen LogP contribution in [0.3, 0.4) is 0 Å². The van der Waals surface area contributed by atoms with Crippen LogP contribution in [0, 0.1) is 5.92 Å². The normalized spacial score (nSPS) is 16.5. The van der Waals surface area contributed by atoms with E-state index in [-0.39, 0.29) is 32.0 Å². The minimum absolute atomic E-state index is 0.0337. The lowest BCUT2D eigenvalue weighted by molar-refractivity contribution is -0.144. The zero-order valence-corrected chi connectivity index (χ0v) is 13.1. The second kappa shape index (κ2) is 7.04. The van der Waals surface area contributed by atoms with Crippen LogP contribution in [0.5, 0.6) is 0 Å². The molecular formula is C15H14F6N2O3. The summed E-state index contributed by atoms with van der Waals surface area (Å²) in [4.78, 5) is 24.1. The summed E-state index contributed by atoms with van der Waals surface area (Å²) in [6.07, 6.45) is -9.72. The van der Waals surface area contributed by atoms with E-state index in [1.54, 1.807) is 0 Å². The fourth-order valence-electron chi connectivity index (χ4n) is 2.56. The van der Waals surface area contributed by atoms with Gasteiger partial charge in [0, 0.05) is 18.8 Å². The van der Waals surface area contributed by atoms with Crippen LogP contribution in [-0.2, 0) is 17.1 Å². The first-order chi connectivity index (χ1) is 11.9. The van der Waals surface area contributed by atoms with E-state index in [9.17, 15) is 35.9 Å². The van der Waals surface area contributed by atoms with E-state index in [1.165, 1.54) is 0 Å². The molecule has 1 aliphatic heterocycles. The number of hydrogen-bond donors (Lipinski definition) is 2. The lowest BCUT2D eigenvalue weighted by Crippen LogP contribution is -2.42. The number of rotatable bonds is 2. The molecule has 0 spiro atoms. The zero-order valence-electron chi connectivity index (χ0n) is 13.1. The van der Waals surface area contributed by atoms with Crippen molar-refractivity contribution in [2.45, 2.75) is 25.2 Å². The third kappa shape index (κ3) is 4.79. The van der Waals surface area contributed by atoms with Gasteiger partial charge in [0.15, 0.2) is 0 Å². The fourth-order valence-corrected chi connectivity index (χ4v) is 2.56. The third-order valence-electron chi connectivity index (χ3n) is 3.97. The maximum Gasteiger partial charge on any atom is 0.416 e. The number of aliphatic carboxylic acids is 1. The highest BCUT2D eigenvalue weighted by molar-refractivity contribution is 5.89. The number of carboxylic acid groups (broad SMARTS) is 1. The Morgan fingerprint density at radius 1 is 0.962 bits per heavy atom. The number of benzene rings is 1. The van der Waals surface area contributed by atoms with E-state index in [2.05, 4.69) is 0 Å². The van der Waals surface area contributed by atoms with Gasteiger partial charge in [0.2, 0.25) is 0 Å². The molecule has 0 atom stereocenters. The Morgan fingerprint density at radius 3 is 1.81 bits per heavy atom. The molecule has 0 bridgehead atoms. The predicted octanol–water partition coefficient (Wildman–Crippen LogP) is 4.05. The number of halogens is 6. The molecule has 2 rings (SSSR count). The van der Waals surface area contributed by atoms with Crippen LogP contribution in [-0.4, -0.2) is 35.1 Å². The molecule has 2 N–H and O–H groups in total. The van der Waals surface area contributed by atoms with Gasteiger partial charge in [-0.3, -0.25) is 4.79 Å². The average Bonchev–Trinajstić information content (AvgIpc) is 2.53. The standard InChI is InChI=1S/C15H14F6N2O3/c16-14(17,18)9-5-10(15(19,20)21)7-11(6-9)22-13(26)23-3-1-8(2-4-23)12(24)25/h5-8H,1-4H2,(H,22,26)(H,24,25). The summed E-state index contributed by atoms with van der Waals surface area (Å²) in [6, 6.07) is -0.0938. The van der Waals surface area contributed by atoms with E-state index in [0.717, 1.165) is 4.90 Å². The number of likely N-dealkylation sites (tertiary alicyclic amines) is 1. The maximum absolute atomic E-state index is 12.8. The van der Waals surface area contributed by atoms with Crippen molar-refractivity contribution < 1.29 is 41.0 Å². The molecule has 1 aromatic rings. The number of alkyl halides is 6. The molecular weight excluding hydrogens is 370 g/mol.